The summed E-state index contributed by atoms with van der Waals surface area (Å²) < 4.78 is 14.4. The maximum Gasteiger partial charge on any atom is 0.245 e. The van der Waals surface area contributed by atoms with Gasteiger partial charge in [0.1, 0.15) is 18.2 Å². The molecular weight excluding hydrogens is 309 g/mol. The van der Waals surface area contributed by atoms with Crippen LogP contribution >= 0.6 is 0 Å². The van der Waals surface area contributed by atoms with Gasteiger partial charge in [-0.2, -0.15) is 0 Å². The van der Waals surface area contributed by atoms with E-state index in [4.69, 9.17) is 0 Å². The van der Waals surface area contributed by atoms with Crippen LogP contribution in [0.2, 0.25) is 0 Å². The second-order valence-corrected chi connectivity index (χ2v) is 5.34. The molecule has 0 saturated heterocycles. The minimum Gasteiger partial charge on any atom is -0.350 e. The van der Waals surface area contributed by atoms with Crippen molar-refractivity contribution in [1.82, 2.24) is 25.5 Å². The first-order valence-corrected chi connectivity index (χ1v) is 7.51. The van der Waals surface area contributed by atoms with Crippen molar-refractivity contribution in [3.8, 4) is 0 Å². The number of halogens is 1. The number of carbonyl (C=O) groups is 1. The van der Waals surface area contributed by atoms with Crippen LogP contribution in [0.15, 0.2) is 60.9 Å². The number of hydrogen-bond donors (Lipinski definition) is 1. The molecule has 6 nitrogen and oxygen atoms in total. The zero-order valence-electron chi connectivity index (χ0n) is 12.8. The lowest BCUT2D eigenvalue weighted by atomic mass is 10.1. The number of hydrogen-bond acceptors (Lipinski definition) is 4. The molecule has 1 N–H and O–H groups in total. The highest BCUT2D eigenvalue weighted by Crippen LogP contribution is 2.13. The fourth-order valence-electron chi connectivity index (χ4n) is 2.36. The van der Waals surface area contributed by atoms with Crippen molar-refractivity contribution < 1.29 is 9.18 Å². The number of benzene rings is 2. The molecule has 7 heteroatoms. The zero-order valence-corrected chi connectivity index (χ0v) is 12.8. The summed E-state index contributed by atoms with van der Waals surface area (Å²) >= 11 is 0. The van der Waals surface area contributed by atoms with Crippen LogP contribution in [0.5, 0.6) is 0 Å². The fourth-order valence-corrected chi connectivity index (χ4v) is 2.36. The van der Waals surface area contributed by atoms with Crippen LogP contribution in [0.3, 0.4) is 0 Å². The molecule has 3 rings (SSSR count). The van der Waals surface area contributed by atoms with E-state index in [2.05, 4.69) is 20.8 Å². The predicted molar refractivity (Wildman–Crippen MR) is 85.2 cm³/mol. The topological polar surface area (TPSA) is 72.7 Å². The molecule has 2 aromatic carbocycles. The molecule has 0 aliphatic heterocycles. The van der Waals surface area contributed by atoms with Crippen molar-refractivity contribution in [2.75, 3.05) is 0 Å². The van der Waals surface area contributed by atoms with Crippen molar-refractivity contribution in [1.29, 1.82) is 0 Å². The van der Waals surface area contributed by atoms with Crippen LogP contribution in [0, 0.1) is 5.82 Å². The molecule has 1 heterocycles. The molecule has 0 saturated carbocycles. The Kier molecular flexibility index (Phi) is 4.90. The number of aromatic nitrogens is 4. The summed E-state index contributed by atoms with van der Waals surface area (Å²) in [5.74, 6) is -0.504. The summed E-state index contributed by atoms with van der Waals surface area (Å²) in [6.45, 7) is 0.312. The van der Waals surface area contributed by atoms with E-state index in [9.17, 15) is 9.18 Å². The largest absolute Gasteiger partial charge is 0.350 e. The summed E-state index contributed by atoms with van der Waals surface area (Å²) in [6, 6.07) is 15.1. The molecule has 0 aliphatic carbocycles. The van der Waals surface area contributed by atoms with Crippen molar-refractivity contribution >= 4 is 5.91 Å². The molecule has 1 amide bonds. The number of rotatable bonds is 6. The normalized spacial score (nSPS) is 11.9. The maximum absolute atomic E-state index is 12.9. The Morgan fingerprint density at radius 1 is 1.08 bits per heavy atom. The smallest absolute Gasteiger partial charge is 0.245 e. The highest BCUT2D eigenvalue weighted by Gasteiger charge is 2.22. The molecule has 3 aromatic rings. The van der Waals surface area contributed by atoms with Crippen LogP contribution in [0.25, 0.3) is 0 Å². The number of carbonyl (C=O) groups excluding carboxylic acids is 1. The Hall–Kier alpha value is -3.09. The zero-order chi connectivity index (χ0) is 16.8. The van der Waals surface area contributed by atoms with Gasteiger partial charge in [-0.1, -0.05) is 42.5 Å². The van der Waals surface area contributed by atoms with Gasteiger partial charge in [0.05, 0.1) is 0 Å². The standard InChI is InChI=1S/C17H16FN5O/c18-15-8-6-14(7-9-15)11-19-17(24)16(23-12-20-21-22-23)10-13-4-2-1-3-5-13/h1-9,12,16H,10-11H2,(H,19,24)/t16-/m1/s1. The Bertz CT molecular complexity index is 775. The third kappa shape index (κ3) is 4.01. The first kappa shape index (κ1) is 15.8. The summed E-state index contributed by atoms with van der Waals surface area (Å²) in [4.78, 5) is 12.6. The molecule has 0 bridgehead atoms. The molecule has 0 aliphatic rings. The Morgan fingerprint density at radius 3 is 2.50 bits per heavy atom. The van der Waals surface area contributed by atoms with Gasteiger partial charge in [-0.15, -0.1) is 5.10 Å². The summed E-state index contributed by atoms with van der Waals surface area (Å²) in [6.07, 6.45) is 1.90. The van der Waals surface area contributed by atoms with Crippen LogP contribution < -0.4 is 5.32 Å². The lowest BCUT2D eigenvalue weighted by molar-refractivity contribution is -0.124. The van der Waals surface area contributed by atoms with Crippen LogP contribution in [-0.4, -0.2) is 26.1 Å². The second-order valence-electron chi connectivity index (χ2n) is 5.34. The van der Waals surface area contributed by atoms with Crippen molar-refractivity contribution in [2.24, 2.45) is 0 Å². The van der Waals surface area contributed by atoms with E-state index >= 15 is 0 Å². The van der Waals surface area contributed by atoms with Crippen molar-refractivity contribution in [3.05, 3.63) is 77.9 Å². The third-order valence-corrected chi connectivity index (χ3v) is 3.64. The van der Waals surface area contributed by atoms with Crippen LogP contribution in [0.4, 0.5) is 4.39 Å². The van der Waals surface area contributed by atoms with E-state index < -0.39 is 6.04 Å². The maximum atomic E-state index is 12.9. The number of amides is 1. The average molecular weight is 325 g/mol. The van der Waals surface area contributed by atoms with Crippen molar-refractivity contribution in [3.63, 3.8) is 0 Å². The lowest BCUT2D eigenvalue weighted by Gasteiger charge is -2.16. The van der Waals surface area contributed by atoms with Gasteiger partial charge in [-0.25, -0.2) is 9.07 Å². The van der Waals surface area contributed by atoms with Gasteiger partial charge < -0.3 is 5.32 Å². The molecule has 0 radical (unpaired) electrons. The van der Waals surface area contributed by atoms with Gasteiger partial charge >= 0.3 is 0 Å². The Morgan fingerprint density at radius 2 is 1.83 bits per heavy atom. The summed E-state index contributed by atoms with van der Waals surface area (Å²) in [5.41, 5.74) is 1.83. The van der Waals surface area contributed by atoms with Gasteiger partial charge in [-0.3, -0.25) is 4.79 Å². The average Bonchev–Trinajstić information content (AvgIpc) is 3.14. The van der Waals surface area contributed by atoms with Crippen LogP contribution in [0.1, 0.15) is 17.2 Å². The SMILES string of the molecule is O=C(NCc1ccc(F)cc1)[C@@H](Cc1ccccc1)n1cnnn1. The van der Waals surface area contributed by atoms with E-state index in [1.165, 1.54) is 23.1 Å². The first-order valence-electron chi connectivity index (χ1n) is 7.51. The van der Waals surface area contributed by atoms with Gasteiger partial charge in [0.15, 0.2) is 0 Å². The Labute approximate surface area is 138 Å². The van der Waals surface area contributed by atoms with E-state index in [1.807, 2.05) is 30.3 Å². The minimum absolute atomic E-state index is 0.199. The molecule has 0 unspecified atom stereocenters. The molecule has 1 aromatic heterocycles. The van der Waals surface area contributed by atoms with Gasteiger partial charge in [0, 0.05) is 13.0 Å². The lowest BCUT2D eigenvalue weighted by Crippen LogP contribution is -2.34. The number of nitrogens with one attached hydrogen (secondary N) is 1. The third-order valence-electron chi connectivity index (χ3n) is 3.64. The highest BCUT2D eigenvalue weighted by molar-refractivity contribution is 5.80. The minimum atomic E-state index is -0.553. The molecule has 1 atom stereocenters. The van der Waals surface area contributed by atoms with Crippen LogP contribution in [-0.2, 0) is 17.8 Å². The molecule has 0 spiro atoms. The summed E-state index contributed by atoms with van der Waals surface area (Å²) in [5, 5.41) is 13.9. The predicted octanol–water partition coefficient (Wildman–Crippen LogP) is 1.91. The van der Waals surface area contributed by atoms with Gasteiger partial charge in [0.25, 0.3) is 0 Å². The fraction of sp³-hybridized carbons (Fsp3) is 0.176. The van der Waals surface area contributed by atoms with Gasteiger partial charge in [-0.05, 0) is 33.7 Å². The monoisotopic (exact) mass is 325 g/mol. The molecule has 0 fully saturated rings. The highest BCUT2D eigenvalue weighted by atomic mass is 19.1. The molecular formula is C17H16FN5O. The number of nitrogens with zero attached hydrogens (tertiary/aromatic N) is 4. The summed E-state index contributed by atoms with van der Waals surface area (Å²) in [7, 11) is 0. The quantitative estimate of drug-likeness (QED) is 0.751. The van der Waals surface area contributed by atoms with Gasteiger partial charge in [0.2, 0.25) is 5.91 Å². The van der Waals surface area contributed by atoms with E-state index in [0.717, 1.165) is 11.1 Å². The molecule has 122 valence electrons. The Balaban J connectivity index is 1.70. The van der Waals surface area contributed by atoms with E-state index in [-0.39, 0.29) is 11.7 Å². The number of tetrazole rings is 1. The second kappa shape index (κ2) is 7.45. The molecule has 24 heavy (non-hydrogen) atoms. The van der Waals surface area contributed by atoms with E-state index in [1.54, 1.807) is 12.1 Å². The van der Waals surface area contributed by atoms with E-state index in [0.29, 0.717) is 13.0 Å². The van der Waals surface area contributed by atoms with Crippen molar-refractivity contribution in [2.45, 2.75) is 19.0 Å². The first-order chi connectivity index (χ1) is 11.7.